The van der Waals surface area contributed by atoms with Crippen LogP contribution in [0, 0.1) is 0 Å². The van der Waals surface area contributed by atoms with E-state index in [9.17, 15) is 0 Å². The first-order valence-electron chi connectivity index (χ1n) is 6.76. The first-order valence-corrected chi connectivity index (χ1v) is 7.26. The van der Waals surface area contributed by atoms with Crippen LogP contribution in [0.25, 0.3) is 0 Å². The number of hydrogen-bond donors (Lipinski definition) is 0. The largest absolute Gasteiger partial charge is 0.0716 e. The van der Waals surface area contributed by atoms with E-state index in [0.717, 1.165) is 5.19 Å². The lowest BCUT2D eigenvalue weighted by Crippen LogP contribution is -2.16. The third-order valence-corrected chi connectivity index (χ3v) is 3.99. The van der Waals surface area contributed by atoms with Gasteiger partial charge in [-0.25, -0.2) is 0 Å². The van der Waals surface area contributed by atoms with Crippen molar-refractivity contribution < 1.29 is 0 Å². The van der Waals surface area contributed by atoms with Crippen molar-refractivity contribution in [1.29, 1.82) is 0 Å². The molecule has 0 aliphatic heterocycles. The van der Waals surface area contributed by atoms with Crippen LogP contribution in [0.15, 0.2) is 84.9 Å². The van der Waals surface area contributed by atoms with Crippen molar-refractivity contribution in [1.82, 2.24) is 0 Å². The van der Waals surface area contributed by atoms with Gasteiger partial charge in [-0.05, 0) is 16.7 Å². The zero-order valence-electron chi connectivity index (χ0n) is 11.2. The van der Waals surface area contributed by atoms with E-state index in [2.05, 4.69) is 95.2 Å². The van der Waals surface area contributed by atoms with Crippen LogP contribution >= 0.6 is 0 Å². The zero-order chi connectivity index (χ0) is 13.8. The van der Waals surface area contributed by atoms with Gasteiger partial charge in [-0.15, -0.1) is 0 Å². The number of hydrogen-bond acceptors (Lipinski definition) is 0. The van der Waals surface area contributed by atoms with E-state index in [-0.39, 0.29) is 5.92 Å². The molecule has 0 unspecified atom stereocenters. The minimum atomic E-state index is 0.256. The van der Waals surface area contributed by atoms with Crippen molar-refractivity contribution >= 4 is 15.4 Å². The standard InChI is InChI=1S/C19H15Si/c20-18-14-8-7-13-17(18)19(15-9-3-1-4-10-15)16-11-5-2-6-12-16/h1-14,19H. The van der Waals surface area contributed by atoms with Gasteiger partial charge < -0.3 is 0 Å². The second-order valence-electron chi connectivity index (χ2n) is 4.84. The molecule has 1 heteroatoms. The summed E-state index contributed by atoms with van der Waals surface area (Å²) in [6.07, 6.45) is 0. The molecule has 0 bridgehead atoms. The van der Waals surface area contributed by atoms with E-state index in [1.807, 2.05) is 0 Å². The van der Waals surface area contributed by atoms with Gasteiger partial charge in [-0.2, -0.15) is 0 Å². The Balaban J connectivity index is 2.17. The minimum Gasteiger partial charge on any atom is -0.0635 e. The van der Waals surface area contributed by atoms with Crippen LogP contribution in [0.4, 0.5) is 0 Å². The van der Waals surface area contributed by atoms with Gasteiger partial charge in [0.1, 0.15) is 0 Å². The summed E-state index contributed by atoms with van der Waals surface area (Å²) < 4.78 is 0. The van der Waals surface area contributed by atoms with Gasteiger partial charge in [0.05, 0.1) is 10.2 Å². The highest BCUT2D eigenvalue weighted by molar-refractivity contribution is 6.33. The van der Waals surface area contributed by atoms with E-state index in [1.54, 1.807) is 0 Å². The lowest BCUT2D eigenvalue weighted by Gasteiger charge is -2.20. The molecule has 0 fully saturated rings. The summed E-state index contributed by atoms with van der Waals surface area (Å²) in [5.41, 5.74) is 3.91. The summed E-state index contributed by atoms with van der Waals surface area (Å²) >= 11 is 0. The van der Waals surface area contributed by atoms with E-state index in [1.165, 1.54) is 16.7 Å². The summed E-state index contributed by atoms with van der Waals surface area (Å²) in [6.45, 7) is 0. The highest BCUT2D eigenvalue weighted by Crippen LogP contribution is 2.30. The summed E-state index contributed by atoms with van der Waals surface area (Å²) in [6, 6.07) is 29.7. The van der Waals surface area contributed by atoms with Crippen LogP contribution in [-0.2, 0) is 0 Å². The van der Waals surface area contributed by atoms with Crippen LogP contribution in [0.1, 0.15) is 22.6 Å². The Morgan fingerprint density at radius 2 is 1.00 bits per heavy atom. The molecule has 0 amide bonds. The van der Waals surface area contributed by atoms with E-state index < -0.39 is 0 Å². The monoisotopic (exact) mass is 271 g/mol. The first kappa shape index (κ1) is 12.9. The van der Waals surface area contributed by atoms with Crippen LogP contribution in [0.2, 0.25) is 0 Å². The SMILES string of the molecule is [Si]c1ccccc1C(c1ccccc1)c1ccccc1. The van der Waals surface area contributed by atoms with Gasteiger partial charge in [-0.3, -0.25) is 0 Å². The fraction of sp³-hybridized carbons (Fsp3) is 0.0526. The predicted molar refractivity (Wildman–Crippen MR) is 85.7 cm³/mol. The second-order valence-corrected chi connectivity index (χ2v) is 5.38. The zero-order valence-corrected chi connectivity index (χ0v) is 12.2. The third-order valence-electron chi connectivity index (χ3n) is 3.54. The number of benzene rings is 3. The van der Waals surface area contributed by atoms with Crippen LogP contribution in [0.3, 0.4) is 0 Å². The fourth-order valence-corrected chi connectivity index (χ4v) is 2.92. The Bertz CT molecular complexity index is 635. The molecular formula is C19H15Si. The van der Waals surface area contributed by atoms with Crippen molar-refractivity contribution in [3.05, 3.63) is 102 Å². The molecule has 0 nitrogen and oxygen atoms in total. The summed E-state index contributed by atoms with van der Waals surface area (Å²) in [5.74, 6) is 0.256. The fourth-order valence-electron chi connectivity index (χ4n) is 2.59. The van der Waals surface area contributed by atoms with Gasteiger partial charge in [0.15, 0.2) is 0 Å². The maximum atomic E-state index is 3.75. The highest BCUT2D eigenvalue weighted by Gasteiger charge is 2.17. The van der Waals surface area contributed by atoms with Crippen molar-refractivity contribution in [3.8, 4) is 0 Å². The quantitative estimate of drug-likeness (QED) is 0.504. The van der Waals surface area contributed by atoms with Crippen LogP contribution in [0.5, 0.6) is 0 Å². The van der Waals surface area contributed by atoms with Crippen molar-refractivity contribution in [2.24, 2.45) is 0 Å². The third kappa shape index (κ3) is 2.58. The van der Waals surface area contributed by atoms with E-state index in [0.29, 0.717) is 0 Å². The maximum Gasteiger partial charge on any atom is 0.0716 e. The Kier molecular flexibility index (Phi) is 3.80. The summed E-state index contributed by atoms with van der Waals surface area (Å²) in [4.78, 5) is 0. The highest BCUT2D eigenvalue weighted by atomic mass is 28.1. The van der Waals surface area contributed by atoms with Crippen molar-refractivity contribution in [3.63, 3.8) is 0 Å². The van der Waals surface area contributed by atoms with E-state index in [4.69, 9.17) is 0 Å². The normalized spacial score (nSPS) is 10.7. The first-order chi connectivity index (χ1) is 9.86. The van der Waals surface area contributed by atoms with Crippen molar-refractivity contribution in [2.45, 2.75) is 5.92 Å². The molecule has 0 N–H and O–H groups in total. The maximum absolute atomic E-state index is 3.75. The lowest BCUT2D eigenvalue weighted by molar-refractivity contribution is 0.986. The topological polar surface area (TPSA) is 0 Å². The van der Waals surface area contributed by atoms with Gasteiger partial charge in [0, 0.05) is 5.92 Å². The molecule has 0 atom stereocenters. The molecule has 0 heterocycles. The van der Waals surface area contributed by atoms with Crippen LogP contribution in [-0.4, -0.2) is 10.2 Å². The average molecular weight is 271 g/mol. The summed E-state index contributed by atoms with van der Waals surface area (Å²) in [7, 11) is 3.75. The Hall–Kier alpha value is -2.12. The molecule has 3 aromatic carbocycles. The molecule has 0 spiro atoms. The number of rotatable bonds is 3. The lowest BCUT2D eigenvalue weighted by atomic mass is 9.85. The molecule has 0 saturated carbocycles. The van der Waals surface area contributed by atoms with E-state index >= 15 is 0 Å². The second kappa shape index (κ2) is 5.89. The smallest absolute Gasteiger partial charge is 0.0635 e. The molecule has 0 aliphatic carbocycles. The van der Waals surface area contributed by atoms with Gasteiger partial charge in [0.2, 0.25) is 0 Å². The molecular weight excluding hydrogens is 256 g/mol. The minimum absolute atomic E-state index is 0.256. The average Bonchev–Trinajstić information content (AvgIpc) is 2.52. The predicted octanol–water partition coefficient (Wildman–Crippen LogP) is 3.66. The molecule has 0 aliphatic rings. The molecule has 0 saturated heterocycles. The van der Waals surface area contributed by atoms with Gasteiger partial charge in [0.25, 0.3) is 0 Å². The molecule has 3 aromatic rings. The van der Waals surface area contributed by atoms with Gasteiger partial charge in [-0.1, -0.05) is 90.1 Å². The summed E-state index contributed by atoms with van der Waals surface area (Å²) in [5, 5.41) is 1.14. The Morgan fingerprint density at radius 3 is 1.50 bits per heavy atom. The van der Waals surface area contributed by atoms with Crippen LogP contribution < -0.4 is 5.19 Å². The molecule has 3 rings (SSSR count). The molecule has 3 radical (unpaired) electrons. The molecule has 0 aromatic heterocycles. The Labute approximate surface area is 123 Å². The van der Waals surface area contributed by atoms with Crippen molar-refractivity contribution in [2.75, 3.05) is 0 Å². The molecule has 95 valence electrons. The molecule has 20 heavy (non-hydrogen) atoms. The van der Waals surface area contributed by atoms with Gasteiger partial charge >= 0.3 is 0 Å². The Morgan fingerprint density at radius 1 is 0.550 bits per heavy atom.